The van der Waals surface area contributed by atoms with E-state index in [1.807, 2.05) is 6.07 Å². The topological polar surface area (TPSA) is 66.0 Å². The van der Waals surface area contributed by atoms with Crippen LogP contribution in [0.5, 0.6) is 5.88 Å². The molecule has 0 saturated heterocycles. The van der Waals surface area contributed by atoms with Gasteiger partial charge in [0.15, 0.2) is 5.82 Å². The minimum atomic E-state index is -0.330. The highest BCUT2D eigenvalue weighted by molar-refractivity contribution is 9.13. The number of thiophene rings is 1. The van der Waals surface area contributed by atoms with Crippen molar-refractivity contribution in [1.29, 1.82) is 0 Å². The molecule has 2 heterocycles. The largest absolute Gasteiger partial charge is 0.493 e. The van der Waals surface area contributed by atoms with Gasteiger partial charge in [0.1, 0.15) is 0 Å². The van der Waals surface area contributed by atoms with Crippen molar-refractivity contribution in [2.75, 3.05) is 0 Å². The van der Waals surface area contributed by atoms with E-state index in [1.165, 1.54) is 18.3 Å². The standard InChI is InChI=1S/C9H6Br2N2O2S/c1-3-8(14)12-7(13-9(3)15)5-2-4(10)6(11)16-5/h2H,1H3,(H2,12,13,14,15). The number of aromatic nitrogens is 2. The van der Waals surface area contributed by atoms with Crippen molar-refractivity contribution in [1.82, 2.24) is 9.97 Å². The molecule has 0 spiro atoms. The minimum Gasteiger partial charge on any atom is -0.493 e. The second-order valence-corrected chi connectivity index (χ2v) is 6.32. The van der Waals surface area contributed by atoms with Gasteiger partial charge in [-0.3, -0.25) is 4.79 Å². The molecule has 2 N–H and O–H groups in total. The van der Waals surface area contributed by atoms with Gasteiger partial charge in [-0.05, 0) is 44.8 Å². The molecule has 2 aromatic rings. The van der Waals surface area contributed by atoms with Gasteiger partial charge in [0.2, 0.25) is 5.88 Å². The van der Waals surface area contributed by atoms with Gasteiger partial charge < -0.3 is 10.1 Å². The van der Waals surface area contributed by atoms with Crippen LogP contribution < -0.4 is 5.56 Å². The summed E-state index contributed by atoms with van der Waals surface area (Å²) in [6.07, 6.45) is 0. The van der Waals surface area contributed by atoms with E-state index in [0.29, 0.717) is 5.82 Å². The van der Waals surface area contributed by atoms with Crippen molar-refractivity contribution in [2.45, 2.75) is 6.92 Å². The normalized spacial score (nSPS) is 10.7. The van der Waals surface area contributed by atoms with Crippen LogP contribution in [0.3, 0.4) is 0 Å². The zero-order chi connectivity index (χ0) is 11.9. The quantitative estimate of drug-likeness (QED) is 0.816. The van der Waals surface area contributed by atoms with Gasteiger partial charge in [-0.15, -0.1) is 11.3 Å². The van der Waals surface area contributed by atoms with Gasteiger partial charge in [-0.2, -0.15) is 4.98 Å². The van der Waals surface area contributed by atoms with E-state index >= 15 is 0 Å². The van der Waals surface area contributed by atoms with Gasteiger partial charge in [0.25, 0.3) is 5.56 Å². The lowest BCUT2D eigenvalue weighted by Gasteiger charge is -1.99. The predicted octanol–water partition coefficient (Wildman–Crippen LogP) is 3.04. The van der Waals surface area contributed by atoms with Crippen LogP contribution in [0.25, 0.3) is 10.7 Å². The lowest BCUT2D eigenvalue weighted by molar-refractivity contribution is 0.447. The molecule has 7 heteroatoms. The maximum atomic E-state index is 11.5. The highest BCUT2D eigenvalue weighted by Crippen LogP contribution is 2.36. The molecule has 0 unspecified atom stereocenters. The van der Waals surface area contributed by atoms with Gasteiger partial charge in [0, 0.05) is 4.47 Å². The molecule has 2 rings (SSSR count). The van der Waals surface area contributed by atoms with E-state index < -0.39 is 0 Å². The molecule has 84 valence electrons. The maximum absolute atomic E-state index is 11.5. The lowest BCUT2D eigenvalue weighted by Crippen LogP contribution is -2.11. The van der Waals surface area contributed by atoms with Crippen molar-refractivity contribution in [2.24, 2.45) is 0 Å². The Hall–Kier alpha value is -0.660. The van der Waals surface area contributed by atoms with Crippen LogP contribution >= 0.6 is 43.2 Å². The molecule has 4 nitrogen and oxygen atoms in total. The van der Waals surface area contributed by atoms with Crippen molar-refractivity contribution in [3.05, 3.63) is 30.2 Å². The first-order valence-corrected chi connectivity index (χ1v) is 6.64. The monoisotopic (exact) mass is 364 g/mol. The average Bonchev–Trinajstić information content (AvgIpc) is 2.55. The fraction of sp³-hybridized carbons (Fsp3) is 0.111. The number of H-pyrrole nitrogens is 1. The van der Waals surface area contributed by atoms with E-state index in [2.05, 4.69) is 41.8 Å². The number of aromatic amines is 1. The first-order chi connectivity index (χ1) is 7.49. The van der Waals surface area contributed by atoms with Crippen LogP contribution in [-0.4, -0.2) is 15.1 Å². The molecule has 0 amide bonds. The summed E-state index contributed by atoms with van der Waals surface area (Å²) in [4.78, 5) is 18.8. The van der Waals surface area contributed by atoms with Crippen LogP contribution in [0, 0.1) is 6.92 Å². The molecule has 0 aliphatic heterocycles. The fourth-order valence-electron chi connectivity index (χ4n) is 1.10. The Balaban J connectivity index is 2.61. The van der Waals surface area contributed by atoms with Gasteiger partial charge >= 0.3 is 0 Å². The van der Waals surface area contributed by atoms with Crippen molar-refractivity contribution < 1.29 is 5.11 Å². The Labute approximate surface area is 112 Å². The highest BCUT2D eigenvalue weighted by atomic mass is 79.9. The van der Waals surface area contributed by atoms with E-state index in [-0.39, 0.29) is 17.0 Å². The van der Waals surface area contributed by atoms with Crippen LogP contribution in [0.15, 0.2) is 19.1 Å². The summed E-state index contributed by atoms with van der Waals surface area (Å²) in [6, 6.07) is 1.82. The van der Waals surface area contributed by atoms with E-state index in [0.717, 1.165) is 13.1 Å². The Kier molecular flexibility index (Phi) is 3.18. The maximum Gasteiger partial charge on any atom is 0.257 e. The number of hydrogen-bond donors (Lipinski definition) is 2. The Morgan fingerprint density at radius 3 is 2.69 bits per heavy atom. The third kappa shape index (κ3) is 2.07. The van der Waals surface area contributed by atoms with E-state index in [1.54, 1.807) is 0 Å². The summed E-state index contributed by atoms with van der Waals surface area (Å²) in [5.41, 5.74) is -0.110. The van der Waals surface area contributed by atoms with Crippen molar-refractivity contribution in [3.63, 3.8) is 0 Å². The number of nitrogens with zero attached hydrogens (tertiary/aromatic N) is 1. The summed E-state index contributed by atoms with van der Waals surface area (Å²) in [5, 5.41) is 9.47. The molecule has 0 atom stereocenters. The summed E-state index contributed by atoms with van der Waals surface area (Å²) in [5.74, 6) is 0.129. The van der Waals surface area contributed by atoms with Gasteiger partial charge in [-0.25, -0.2) is 0 Å². The van der Waals surface area contributed by atoms with E-state index in [4.69, 9.17) is 0 Å². The molecule has 16 heavy (non-hydrogen) atoms. The first kappa shape index (κ1) is 11.8. The molecule has 0 aromatic carbocycles. The Morgan fingerprint density at radius 1 is 1.50 bits per heavy atom. The Bertz CT molecular complexity index is 587. The second-order valence-electron chi connectivity index (χ2n) is 3.10. The van der Waals surface area contributed by atoms with Gasteiger partial charge in [-0.1, -0.05) is 0 Å². The summed E-state index contributed by atoms with van der Waals surface area (Å²) < 4.78 is 1.79. The number of hydrogen-bond acceptors (Lipinski definition) is 4. The third-order valence-corrected chi connectivity index (χ3v) is 5.27. The third-order valence-electron chi connectivity index (χ3n) is 2.00. The number of halogens is 2. The van der Waals surface area contributed by atoms with Crippen LogP contribution in [0.2, 0.25) is 0 Å². The molecule has 2 aromatic heterocycles. The smallest absolute Gasteiger partial charge is 0.257 e. The summed E-state index contributed by atoms with van der Waals surface area (Å²) in [7, 11) is 0. The first-order valence-electron chi connectivity index (χ1n) is 4.24. The van der Waals surface area contributed by atoms with Crippen molar-refractivity contribution >= 4 is 43.2 Å². The zero-order valence-electron chi connectivity index (χ0n) is 8.04. The number of aromatic hydroxyl groups is 1. The van der Waals surface area contributed by atoms with Crippen LogP contribution in [0.4, 0.5) is 0 Å². The van der Waals surface area contributed by atoms with Crippen LogP contribution in [0.1, 0.15) is 5.56 Å². The second kappa shape index (κ2) is 4.31. The van der Waals surface area contributed by atoms with Crippen LogP contribution in [-0.2, 0) is 0 Å². The number of rotatable bonds is 1. The van der Waals surface area contributed by atoms with Gasteiger partial charge in [0.05, 0.1) is 14.2 Å². The predicted molar refractivity (Wildman–Crippen MR) is 70.0 cm³/mol. The minimum absolute atomic E-state index is 0.221. The molecule has 0 aliphatic carbocycles. The molecule has 0 fully saturated rings. The summed E-state index contributed by atoms with van der Waals surface area (Å²) in [6.45, 7) is 1.52. The molecular formula is C9H6Br2N2O2S. The summed E-state index contributed by atoms with van der Waals surface area (Å²) >= 11 is 8.12. The molecule has 0 bridgehead atoms. The molecule has 0 radical (unpaired) electrons. The lowest BCUT2D eigenvalue weighted by atomic mass is 10.3. The SMILES string of the molecule is Cc1c(O)nc(-c2cc(Br)c(Br)s2)[nH]c1=O. The number of nitrogens with one attached hydrogen (secondary N) is 1. The fourth-order valence-corrected chi connectivity index (χ4v) is 3.08. The average molecular weight is 366 g/mol. The zero-order valence-corrected chi connectivity index (χ0v) is 12.0. The van der Waals surface area contributed by atoms with E-state index in [9.17, 15) is 9.90 Å². The van der Waals surface area contributed by atoms with Crippen molar-refractivity contribution in [3.8, 4) is 16.6 Å². The molecular weight excluding hydrogens is 360 g/mol. The highest BCUT2D eigenvalue weighted by Gasteiger charge is 2.11. The molecule has 0 aliphatic rings. The Morgan fingerprint density at radius 2 is 2.19 bits per heavy atom. The molecule has 0 saturated carbocycles.